The Kier molecular flexibility index (Phi) is 4.18. The molecule has 0 atom stereocenters. The summed E-state index contributed by atoms with van der Waals surface area (Å²) in [4.78, 5) is 15.5. The van der Waals surface area contributed by atoms with Crippen molar-refractivity contribution in [3.8, 4) is 0 Å². The molecule has 1 aliphatic heterocycles. The van der Waals surface area contributed by atoms with Crippen LogP contribution < -0.4 is 10.2 Å². The van der Waals surface area contributed by atoms with Gasteiger partial charge in [0.25, 0.3) is 5.22 Å². The van der Waals surface area contributed by atoms with Gasteiger partial charge in [-0.3, -0.25) is 0 Å². The lowest BCUT2D eigenvalue weighted by molar-refractivity contribution is 0.429. The predicted octanol–water partition coefficient (Wildman–Crippen LogP) is 1.75. The molecule has 2 aromatic rings. The fourth-order valence-electron chi connectivity index (χ4n) is 2.14. The zero-order valence-corrected chi connectivity index (χ0v) is 12.9. The van der Waals surface area contributed by atoms with Gasteiger partial charge >= 0.3 is 0 Å². The molecular weight excluding hydrogens is 290 g/mol. The Labute approximate surface area is 126 Å². The van der Waals surface area contributed by atoms with Crippen LogP contribution in [0.1, 0.15) is 25.2 Å². The number of piperidine rings is 1. The van der Waals surface area contributed by atoms with Gasteiger partial charge in [-0.25, -0.2) is 0 Å². The van der Waals surface area contributed by atoms with E-state index in [-0.39, 0.29) is 0 Å². The van der Waals surface area contributed by atoms with Crippen molar-refractivity contribution in [1.29, 1.82) is 0 Å². The molecule has 2 aromatic heterocycles. The van der Waals surface area contributed by atoms with E-state index in [9.17, 15) is 0 Å². The first-order chi connectivity index (χ1) is 10.2. The van der Waals surface area contributed by atoms with Crippen LogP contribution in [0.5, 0.6) is 0 Å². The van der Waals surface area contributed by atoms with Gasteiger partial charge in [0.15, 0.2) is 0 Å². The van der Waals surface area contributed by atoms with Crippen LogP contribution in [0.3, 0.4) is 0 Å². The van der Waals surface area contributed by atoms with E-state index in [0.717, 1.165) is 13.1 Å². The lowest BCUT2D eigenvalue weighted by atomic mass is 10.1. The van der Waals surface area contributed by atoms with Crippen LogP contribution >= 0.6 is 11.8 Å². The molecule has 3 rings (SSSR count). The molecule has 0 unspecified atom stereocenters. The molecule has 0 saturated carbocycles. The zero-order chi connectivity index (χ0) is 14.7. The third kappa shape index (κ3) is 3.41. The maximum Gasteiger partial charge on any atom is 0.284 e. The second kappa shape index (κ2) is 6.25. The Morgan fingerprint density at radius 2 is 1.90 bits per heavy atom. The summed E-state index contributed by atoms with van der Waals surface area (Å²) in [6, 6.07) is 0. The van der Waals surface area contributed by atoms with E-state index in [1.165, 1.54) is 31.0 Å². The van der Waals surface area contributed by atoms with E-state index in [2.05, 4.69) is 35.4 Å². The first-order valence-electron chi connectivity index (χ1n) is 6.91. The molecule has 1 N–H and O–H groups in total. The summed E-state index contributed by atoms with van der Waals surface area (Å²) in [5, 5.41) is 11.7. The molecule has 0 bridgehead atoms. The summed E-state index contributed by atoms with van der Waals surface area (Å²) < 4.78 is 5.35. The minimum absolute atomic E-state index is 0.436. The lowest BCUT2D eigenvalue weighted by Crippen LogP contribution is -2.31. The molecule has 8 nitrogen and oxygen atoms in total. The number of anilines is 2. The summed E-state index contributed by atoms with van der Waals surface area (Å²) in [5.41, 5.74) is 0. The third-order valence-electron chi connectivity index (χ3n) is 3.15. The van der Waals surface area contributed by atoms with Crippen molar-refractivity contribution < 1.29 is 4.42 Å². The number of rotatable bonds is 4. The largest absolute Gasteiger partial charge is 0.416 e. The van der Waals surface area contributed by atoms with Gasteiger partial charge < -0.3 is 14.6 Å². The van der Waals surface area contributed by atoms with E-state index in [1.807, 2.05) is 0 Å². The van der Waals surface area contributed by atoms with Gasteiger partial charge in [0.1, 0.15) is 0 Å². The van der Waals surface area contributed by atoms with Crippen molar-refractivity contribution in [3.05, 3.63) is 5.89 Å². The van der Waals surface area contributed by atoms with Crippen molar-refractivity contribution in [3.63, 3.8) is 0 Å². The Bertz CT molecular complexity index is 611. The predicted molar refractivity (Wildman–Crippen MR) is 78.6 cm³/mol. The molecule has 0 aromatic carbocycles. The monoisotopic (exact) mass is 307 g/mol. The average Bonchev–Trinajstić information content (AvgIpc) is 2.93. The fraction of sp³-hybridized carbons (Fsp3) is 0.583. The van der Waals surface area contributed by atoms with Gasteiger partial charge in [-0.2, -0.15) is 15.0 Å². The Hall–Kier alpha value is -1.90. The van der Waals surface area contributed by atoms with E-state index < -0.39 is 0 Å². The first-order valence-corrected chi connectivity index (χ1v) is 7.73. The summed E-state index contributed by atoms with van der Waals surface area (Å²) >= 11 is 1.25. The molecule has 112 valence electrons. The van der Waals surface area contributed by atoms with Crippen LogP contribution in [0.4, 0.5) is 11.9 Å². The Morgan fingerprint density at radius 1 is 1.10 bits per heavy atom. The highest BCUT2D eigenvalue weighted by Crippen LogP contribution is 2.26. The number of hydrogen-bond acceptors (Lipinski definition) is 9. The second-order valence-electron chi connectivity index (χ2n) is 4.73. The maximum absolute atomic E-state index is 5.35. The molecule has 3 heterocycles. The SMILES string of the molecule is CNc1nc(Sc2nnc(C)o2)nc(N2CCCCC2)n1. The zero-order valence-electron chi connectivity index (χ0n) is 12.0. The summed E-state index contributed by atoms with van der Waals surface area (Å²) in [7, 11) is 1.79. The molecule has 1 saturated heterocycles. The number of aryl methyl sites for hydroxylation is 1. The van der Waals surface area contributed by atoms with Crippen molar-refractivity contribution in [2.75, 3.05) is 30.4 Å². The standard InChI is InChI=1S/C12H17N7OS/c1-8-17-18-12(20-8)21-11-15-9(13-2)14-10(16-11)19-6-4-3-5-7-19/h3-7H2,1-2H3,(H,13,14,15,16). The normalized spacial score (nSPS) is 15.2. The Morgan fingerprint density at radius 3 is 2.57 bits per heavy atom. The maximum atomic E-state index is 5.35. The quantitative estimate of drug-likeness (QED) is 0.906. The van der Waals surface area contributed by atoms with Crippen LogP contribution in [0.25, 0.3) is 0 Å². The highest BCUT2D eigenvalue weighted by Gasteiger charge is 2.17. The fourth-order valence-corrected chi connectivity index (χ4v) is 2.80. The summed E-state index contributed by atoms with van der Waals surface area (Å²) in [6.45, 7) is 3.72. The number of nitrogens with zero attached hydrogens (tertiary/aromatic N) is 6. The molecule has 0 amide bonds. The first kappa shape index (κ1) is 14.1. The van der Waals surface area contributed by atoms with Crippen molar-refractivity contribution >= 4 is 23.7 Å². The van der Waals surface area contributed by atoms with Crippen LogP contribution in [0, 0.1) is 6.92 Å². The van der Waals surface area contributed by atoms with Crippen LogP contribution in [0.15, 0.2) is 14.8 Å². The number of nitrogens with one attached hydrogen (secondary N) is 1. The summed E-state index contributed by atoms with van der Waals surface area (Å²) in [5.74, 6) is 1.77. The minimum Gasteiger partial charge on any atom is -0.416 e. The Balaban J connectivity index is 1.85. The van der Waals surface area contributed by atoms with E-state index in [1.54, 1.807) is 14.0 Å². The lowest BCUT2D eigenvalue weighted by Gasteiger charge is -2.26. The third-order valence-corrected chi connectivity index (χ3v) is 3.86. The van der Waals surface area contributed by atoms with Crippen molar-refractivity contribution in [2.45, 2.75) is 36.6 Å². The molecular formula is C12H17N7OS. The topological polar surface area (TPSA) is 92.9 Å². The van der Waals surface area contributed by atoms with Gasteiger partial charge in [0.2, 0.25) is 22.9 Å². The van der Waals surface area contributed by atoms with Crippen LogP contribution in [-0.4, -0.2) is 45.3 Å². The number of hydrogen-bond donors (Lipinski definition) is 1. The molecule has 0 radical (unpaired) electrons. The molecule has 9 heteroatoms. The molecule has 0 spiro atoms. The van der Waals surface area contributed by atoms with Gasteiger partial charge in [-0.15, -0.1) is 10.2 Å². The summed E-state index contributed by atoms with van der Waals surface area (Å²) in [6.07, 6.45) is 3.61. The van der Waals surface area contributed by atoms with Crippen molar-refractivity contribution in [2.24, 2.45) is 0 Å². The molecule has 1 aliphatic rings. The van der Waals surface area contributed by atoms with Gasteiger partial charge in [-0.05, 0) is 19.3 Å². The van der Waals surface area contributed by atoms with Crippen LogP contribution in [-0.2, 0) is 0 Å². The highest BCUT2D eigenvalue weighted by molar-refractivity contribution is 7.98. The molecule has 0 aliphatic carbocycles. The van der Waals surface area contributed by atoms with E-state index in [0.29, 0.717) is 28.2 Å². The second-order valence-corrected chi connectivity index (χ2v) is 5.65. The van der Waals surface area contributed by atoms with Crippen LogP contribution in [0.2, 0.25) is 0 Å². The van der Waals surface area contributed by atoms with Gasteiger partial charge in [0, 0.05) is 38.8 Å². The van der Waals surface area contributed by atoms with Gasteiger partial charge in [0.05, 0.1) is 0 Å². The van der Waals surface area contributed by atoms with E-state index in [4.69, 9.17) is 4.42 Å². The minimum atomic E-state index is 0.436. The van der Waals surface area contributed by atoms with E-state index >= 15 is 0 Å². The average molecular weight is 307 g/mol. The number of aromatic nitrogens is 5. The molecule has 1 fully saturated rings. The highest BCUT2D eigenvalue weighted by atomic mass is 32.2. The van der Waals surface area contributed by atoms with Gasteiger partial charge in [-0.1, -0.05) is 0 Å². The van der Waals surface area contributed by atoms with Crippen molar-refractivity contribution in [1.82, 2.24) is 25.1 Å². The molecule has 21 heavy (non-hydrogen) atoms. The smallest absolute Gasteiger partial charge is 0.284 e.